The zero-order valence-corrected chi connectivity index (χ0v) is 8.72. The predicted molar refractivity (Wildman–Crippen MR) is 50.5 cm³/mol. The lowest BCUT2D eigenvalue weighted by Gasteiger charge is -2.26. The van der Waals surface area contributed by atoms with Gasteiger partial charge in [0.1, 0.15) is 0 Å². The van der Waals surface area contributed by atoms with Crippen molar-refractivity contribution in [2.45, 2.75) is 18.6 Å². The number of hydrogen-bond donors (Lipinski definition) is 2. The maximum atomic E-state index is 12.5. The molecule has 2 unspecified atom stereocenters. The smallest absolute Gasteiger partial charge is 0.393 e. The minimum Gasteiger partial charge on any atom is -0.395 e. The molecule has 3 nitrogen and oxygen atoms in total. The van der Waals surface area contributed by atoms with Gasteiger partial charge in [-0.3, -0.25) is 0 Å². The van der Waals surface area contributed by atoms with E-state index in [1.54, 1.807) is 11.9 Å². The zero-order chi connectivity index (χ0) is 11.5. The van der Waals surface area contributed by atoms with Crippen molar-refractivity contribution in [3.8, 4) is 0 Å². The summed E-state index contributed by atoms with van der Waals surface area (Å²) in [6, 6.07) is -0.540. The second-order valence-corrected chi connectivity index (χ2v) is 3.98. The van der Waals surface area contributed by atoms with E-state index in [-0.39, 0.29) is 13.0 Å². The summed E-state index contributed by atoms with van der Waals surface area (Å²) >= 11 is 0. The molecule has 2 atom stereocenters. The van der Waals surface area contributed by atoms with Crippen molar-refractivity contribution in [1.82, 2.24) is 10.2 Å². The van der Waals surface area contributed by atoms with Crippen molar-refractivity contribution >= 4 is 0 Å². The molecule has 0 aromatic rings. The fourth-order valence-corrected chi connectivity index (χ4v) is 1.95. The van der Waals surface area contributed by atoms with Crippen LogP contribution in [0.15, 0.2) is 0 Å². The largest absolute Gasteiger partial charge is 0.395 e. The van der Waals surface area contributed by atoms with E-state index in [0.717, 1.165) is 0 Å². The fourth-order valence-electron chi connectivity index (χ4n) is 1.95. The molecule has 6 heteroatoms. The van der Waals surface area contributed by atoms with Crippen LogP contribution in [0.3, 0.4) is 0 Å². The van der Waals surface area contributed by atoms with Gasteiger partial charge in [0.2, 0.25) is 0 Å². The fraction of sp³-hybridized carbons (Fsp3) is 1.00. The molecule has 0 aromatic carbocycles. The van der Waals surface area contributed by atoms with Crippen LogP contribution in [0.5, 0.6) is 0 Å². The number of halogens is 3. The van der Waals surface area contributed by atoms with Crippen molar-refractivity contribution in [1.29, 1.82) is 0 Å². The number of nitrogens with one attached hydrogen (secondary N) is 1. The molecule has 0 saturated carbocycles. The van der Waals surface area contributed by atoms with Gasteiger partial charge in [0.15, 0.2) is 0 Å². The molecule has 1 fully saturated rings. The van der Waals surface area contributed by atoms with Crippen LogP contribution in [-0.4, -0.2) is 55.5 Å². The summed E-state index contributed by atoms with van der Waals surface area (Å²) in [5.41, 5.74) is 0. The highest BCUT2D eigenvalue weighted by Gasteiger charge is 2.46. The van der Waals surface area contributed by atoms with Gasteiger partial charge in [-0.05, 0) is 20.0 Å². The van der Waals surface area contributed by atoms with Gasteiger partial charge in [-0.1, -0.05) is 0 Å². The summed E-state index contributed by atoms with van der Waals surface area (Å²) in [6.07, 6.45) is -3.96. The van der Waals surface area contributed by atoms with E-state index >= 15 is 0 Å². The first-order valence-electron chi connectivity index (χ1n) is 5.04. The van der Waals surface area contributed by atoms with Gasteiger partial charge < -0.3 is 15.3 Å². The minimum absolute atomic E-state index is 0.0279. The first-order chi connectivity index (χ1) is 6.95. The van der Waals surface area contributed by atoms with Crippen LogP contribution in [0.2, 0.25) is 0 Å². The third-order valence-electron chi connectivity index (χ3n) is 2.76. The average Bonchev–Trinajstić information content (AvgIpc) is 2.51. The Labute approximate surface area is 87.3 Å². The van der Waals surface area contributed by atoms with Crippen LogP contribution in [0.25, 0.3) is 0 Å². The van der Waals surface area contributed by atoms with Crippen molar-refractivity contribution in [2.24, 2.45) is 5.92 Å². The second-order valence-electron chi connectivity index (χ2n) is 3.98. The van der Waals surface area contributed by atoms with Gasteiger partial charge in [-0.2, -0.15) is 13.2 Å². The third kappa shape index (κ3) is 3.62. The monoisotopic (exact) mass is 226 g/mol. The van der Waals surface area contributed by atoms with Crippen molar-refractivity contribution in [3.05, 3.63) is 0 Å². The van der Waals surface area contributed by atoms with E-state index in [9.17, 15) is 13.2 Å². The first-order valence-corrected chi connectivity index (χ1v) is 5.04. The predicted octanol–water partition coefficient (Wildman–Crippen LogP) is 0.451. The second kappa shape index (κ2) is 5.14. The molecule has 0 aromatic heterocycles. The molecular formula is C9H17F3N2O. The van der Waals surface area contributed by atoms with E-state index in [4.69, 9.17) is 5.11 Å². The Morgan fingerprint density at radius 3 is 2.67 bits per heavy atom. The highest BCUT2D eigenvalue weighted by atomic mass is 19.4. The van der Waals surface area contributed by atoms with Crippen LogP contribution in [-0.2, 0) is 0 Å². The summed E-state index contributed by atoms with van der Waals surface area (Å²) in [6.45, 7) is 1.12. The lowest BCUT2D eigenvalue weighted by Crippen LogP contribution is -2.44. The molecule has 1 aliphatic heterocycles. The number of rotatable bonds is 4. The van der Waals surface area contributed by atoms with Crippen molar-refractivity contribution in [2.75, 3.05) is 33.3 Å². The minimum atomic E-state index is -4.12. The van der Waals surface area contributed by atoms with Gasteiger partial charge in [-0.15, -0.1) is 0 Å². The summed E-state index contributed by atoms with van der Waals surface area (Å²) in [4.78, 5) is 1.71. The Bertz CT molecular complexity index is 198. The van der Waals surface area contributed by atoms with Crippen LogP contribution in [0, 0.1) is 5.92 Å². The molecule has 0 radical (unpaired) electrons. The first kappa shape index (κ1) is 12.7. The lowest BCUT2D eigenvalue weighted by molar-refractivity contribution is -0.177. The van der Waals surface area contributed by atoms with E-state index < -0.39 is 18.1 Å². The third-order valence-corrected chi connectivity index (χ3v) is 2.76. The van der Waals surface area contributed by atoms with Crippen LogP contribution < -0.4 is 5.32 Å². The molecule has 1 heterocycles. The summed E-state index contributed by atoms with van der Waals surface area (Å²) in [7, 11) is 1.71. The van der Waals surface area contributed by atoms with E-state index in [1.165, 1.54) is 0 Å². The Balaban J connectivity index is 2.46. The maximum absolute atomic E-state index is 12.5. The molecule has 1 saturated heterocycles. The SMILES string of the molecule is CN(CCO)CC1NCCC1C(F)(F)F. The van der Waals surface area contributed by atoms with Crippen molar-refractivity contribution in [3.63, 3.8) is 0 Å². The van der Waals surface area contributed by atoms with Gasteiger partial charge in [0.05, 0.1) is 12.5 Å². The Hall–Kier alpha value is -0.330. The van der Waals surface area contributed by atoms with E-state index in [1.807, 2.05) is 0 Å². The lowest BCUT2D eigenvalue weighted by atomic mass is 10.00. The Kier molecular flexibility index (Phi) is 4.36. The standard InChI is InChI=1S/C9H17F3N2O/c1-14(4-5-15)6-8-7(2-3-13-8)9(10,11)12/h7-8,13,15H,2-6H2,1H3. The van der Waals surface area contributed by atoms with E-state index in [2.05, 4.69) is 5.32 Å². The number of aliphatic hydroxyl groups is 1. The Morgan fingerprint density at radius 2 is 2.13 bits per heavy atom. The van der Waals surface area contributed by atoms with Crippen molar-refractivity contribution < 1.29 is 18.3 Å². The average molecular weight is 226 g/mol. The van der Waals surface area contributed by atoms with E-state index in [0.29, 0.717) is 19.6 Å². The summed E-state index contributed by atoms with van der Waals surface area (Å²) in [5.74, 6) is -1.25. The van der Waals surface area contributed by atoms with Crippen LogP contribution >= 0.6 is 0 Å². The molecule has 1 aliphatic rings. The number of nitrogens with zero attached hydrogens (tertiary/aromatic N) is 1. The highest BCUT2D eigenvalue weighted by molar-refractivity contribution is 4.89. The molecule has 0 bridgehead atoms. The molecule has 0 spiro atoms. The number of alkyl halides is 3. The quantitative estimate of drug-likeness (QED) is 0.730. The van der Waals surface area contributed by atoms with Gasteiger partial charge >= 0.3 is 6.18 Å². The van der Waals surface area contributed by atoms with Gasteiger partial charge in [0.25, 0.3) is 0 Å². The van der Waals surface area contributed by atoms with Gasteiger partial charge in [-0.25, -0.2) is 0 Å². The number of hydrogen-bond acceptors (Lipinski definition) is 3. The number of likely N-dealkylation sites (N-methyl/N-ethyl adjacent to an activating group) is 1. The molecule has 1 rings (SSSR count). The van der Waals surface area contributed by atoms with Gasteiger partial charge in [0, 0.05) is 19.1 Å². The topological polar surface area (TPSA) is 35.5 Å². The molecule has 2 N–H and O–H groups in total. The maximum Gasteiger partial charge on any atom is 0.393 e. The normalized spacial score (nSPS) is 27.6. The molecule has 0 amide bonds. The summed E-state index contributed by atoms with van der Waals surface area (Å²) in [5, 5.41) is 11.5. The number of aliphatic hydroxyl groups excluding tert-OH is 1. The Morgan fingerprint density at radius 1 is 1.47 bits per heavy atom. The molecule has 0 aliphatic carbocycles. The van der Waals surface area contributed by atoms with Crippen LogP contribution in [0.4, 0.5) is 13.2 Å². The molecule has 15 heavy (non-hydrogen) atoms. The molecule has 90 valence electrons. The zero-order valence-electron chi connectivity index (χ0n) is 8.72. The van der Waals surface area contributed by atoms with Crippen LogP contribution in [0.1, 0.15) is 6.42 Å². The molecular weight excluding hydrogens is 209 g/mol. The highest BCUT2D eigenvalue weighted by Crippen LogP contribution is 2.34. The summed E-state index contributed by atoms with van der Waals surface area (Å²) < 4.78 is 37.6.